The van der Waals surface area contributed by atoms with E-state index >= 15 is 0 Å². The van der Waals surface area contributed by atoms with Crippen LogP contribution in [0.25, 0.3) is 0 Å². The van der Waals surface area contributed by atoms with Crippen molar-refractivity contribution in [2.45, 2.75) is 6.92 Å². The van der Waals surface area contributed by atoms with Crippen LogP contribution in [0.4, 0.5) is 5.69 Å². The number of nitrogens with zero attached hydrogens (tertiary/aromatic N) is 1. The van der Waals surface area contributed by atoms with Gasteiger partial charge < -0.3 is 19.5 Å². The van der Waals surface area contributed by atoms with E-state index in [0.717, 1.165) is 5.56 Å². The van der Waals surface area contributed by atoms with Crippen LogP contribution < -0.4 is 25.0 Å². The molecule has 9 heteroatoms. The van der Waals surface area contributed by atoms with Gasteiger partial charge >= 0.3 is 0 Å². The third kappa shape index (κ3) is 7.61. The Morgan fingerprint density at radius 2 is 1.83 bits per heavy atom. The molecular formula is C27H26ClN3O5. The van der Waals surface area contributed by atoms with E-state index < -0.39 is 5.91 Å². The fraction of sp³-hybridized carbons (Fsp3) is 0.148. The Hall–Kier alpha value is -4.30. The Bertz CT molecular complexity index is 1280. The highest BCUT2D eigenvalue weighted by atomic mass is 35.5. The van der Waals surface area contributed by atoms with Gasteiger partial charge in [-0.3, -0.25) is 9.59 Å². The van der Waals surface area contributed by atoms with Crippen molar-refractivity contribution in [3.8, 4) is 17.2 Å². The van der Waals surface area contributed by atoms with E-state index in [1.807, 2.05) is 25.1 Å². The average molecular weight is 508 g/mol. The summed E-state index contributed by atoms with van der Waals surface area (Å²) in [6.07, 6.45) is 3.00. The lowest BCUT2D eigenvalue weighted by atomic mass is 10.2. The molecule has 0 unspecified atom stereocenters. The molecule has 0 bridgehead atoms. The largest absolute Gasteiger partial charge is 0.493 e. The molecule has 0 heterocycles. The van der Waals surface area contributed by atoms with Gasteiger partial charge in [-0.15, -0.1) is 0 Å². The zero-order valence-corrected chi connectivity index (χ0v) is 20.7. The molecular weight excluding hydrogens is 482 g/mol. The summed E-state index contributed by atoms with van der Waals surface area (Å²) in [7, 11) is 1.48. The summed E-state index contributed by atoms with van der Waals surface area (Å²) in [6, 6.07) is 17.1. The summed E-state index contributed by atoms with van der Waals surface area (Å²) in [5, 5.41) is 7.23. The molecule has 3 aromatic carbocycles. The minimum Gasteiger partial charge on any atom is -0.493 e. The maximum atomic E-state index is 12.5. The molecule has 0 aliphatic heterocycles. The molecule has 186 valence electrons. The van der Waals surface area contributed by atoms with Crippen LogP contribution in [-0.4, -0.2) is 38.4 Å². The van der Waals surface area contributed by atoms with Crippen LogP contribution in [0.1, 0.15) is 21.5 Å². The van der Waals surface area contributed by atoms with Crippen molar-refractivity contribution in [2.24, 2.45) is 5.10 Å². The number of ether oxygens (including phenoxy) is 3. The molecule has 0 atom stereocenters. The maximum Gasteiger partial charge on any atom is 0.271 e. The summed E-state index contributed by atoms with van der Waals surface area (Å²) >= 11 is 6.11. The number of anilines is 1. The SMILES string of the molecule is C=CCOc1ccc(C(=O)N/N=C/c2cc(Cl)ccc2OCC(=O)Nc2cccc(C)c2)cc1OC. The predicted octanol–water partition coefficient (Wildman–Crippen LogP) is 5.00. The predicted molar refractivity (Wildman–Crippen MR) is 141 cm³/mol. The smallest absolute Gasteiger partial charge is 0.271 e. The van der Waals surface area contributed by atoms with E-state index in [4.69, 9.17) is 25.8 Å². The first-order chi connectivity index (χ1) is 17.4. The fourth-order valence-electron chi connectivity index (χ4n) is 3.12. The molecule has 36 heavy (non-hydrogen) atoms. The van der Waals surface area contributed by atoms with Gasteiger partial charge in [-0.05, 0) is 61.0 Å². The Balaban J connectivity index is 1.63. The van der Waals surface area contributed by atoms with Gasteiger partial charge in [0.05, 0.1) is 13.3 Å². The molecule has 0 spiro atoms. The van der Waals surface area contributed by atoms with Crippen molar-refractivity contribution in [3.05, 3.63) is 95.0 Å². The Labute approximate surface area is 214 Å². The first-order valence-corrected chi connectivity index (χ1v) is 11.3. The summed E-state index contributed by atoms with van der Waals surface area (Å²) in [4.78, 5) is 24.8. The Morgan fingerprint density at radius 3 is 2.58 bits per heavy atom. The zero-order chi connectivity index (χ0) is 25.9. The average Bonchev–Trinajstić information content (AvgIpc) is 2.86. The number of carbonyl (C=O) groups is 2. The topological polar surface area (TPSA) is 98.3 Å². The van der Waals surface area contributed by atoms with Crippen LogP contribution in [0.15, 0.2) is 78.4 Å². The monoisotopic (exact) mass is 507 g/mol. The second-order valence-corrected chi connectivity index (χ2v) is 7.99. The molecule has 8 nitrogen and oxygen atoms in total. The molecule has 3 aromatic rings. The first-order valence-electron chi connectivity index (χ1n) is 10.9. The second-order valence-electron chi connectivity index (χ2n) is 7.55. The number of methoxy groups -OCH3 is 1. The summed E-state index contributed by atoms with van der Waals surface area (Å²) < 4.78 is 16.4. The van der Waals surface area contributed by atoms with Gasteiger partial charge in [-0.25, -0.2) is 5.43 Å². The van der Waals surface area contributed by atoms with E-state index in [1.165, 1.54) is 13.3 Å². The van der Waals surface area contributed by atoms with Gasteiger partial charge in [0.15, 0.2) is 18.1 Å². The molecule has 0 fully saturated rings. The van der Waals surface area contributed by atoms with E-state index in [-0.39, 0.29) is 12.5 Å². The van der Waals surface area contributed by atoms with Crippen molar-refractivity contribution in [2.75, 3.05) is 25.6 Å². The number of carbonyl (C=O) groups excluding carboxylic acids is 2. The lowest BCUT2D eigenvalue weighted by Gasteiger charge is -2.11. The molecule has 0 aliphatic rings. The van der Waals surface area contributed by atoms with Gasteiger partial charge in [0, 0.05) is 21.8 Å². The van der Waals surface area contributed by atoms with Crippen LogP contribution in [0, 0.1) is 6.92 Å². The molecule has 0 saturated heterocycles. The van der Waals surface area contributed by atoms with Gasteiger partial charge in [0.2, 0.25) is 0 Å². The minimum absolute atomic E-state index is 0.219. The molecule has 2 amide bonds. The quantitative estimate of drug-likeness (QED) is 0.216. The highest BCUT2D eigenvalue weighted by Gasteiger charge is 2.11. The van der Waals surface area contributed by atoms with Crippen molar-refractivity contribution >= 4 is 35.3 Å². The Kier molecular flexibility index (Phi) is 9.48. The summed E-state index contributed by atoms with van der Waals surface area (Å²) in [6.45, 7) is 5.63. The molecule has 2 N–H and O–H groups in total. The number of hydrazone groups is 1. The van der Waals surface area contributed by atoms with E-state index in [9.17, 15) is 9.59 Å². The lowest BCUT2D eigenvalue weighted by molar-refractivity contribution is -0.118. The van der Waals surface area contributed by atoms with Crippen LogP contribution in [0.5, 0.6) is 17.2 Å². The highest BCUT2D eigenvalue weighted by molar-refractivity contribution is 6.30. The Morgan fingerprint density at radius 1 is 1.03 bits per heavy atom. The lowest BCUT2D eigenvalue weighted by Crippen LogP contribution is -2.20. The van der Waals surface area contributed by atoms with Gasteiger partial charge in [0.1, 0.15) is 12.4 Å². The van der Waals surface area contributed by atoms with Crippen molar-refractivity contribution in [1.29, 1.82) is 0 Å². The van der Waals surface area contributed by atoms with E-state index in [2.05, 4.69) is 22.4 Å². The number of halogens is 1. The van der Waals surface area contributed by atoms with Gasteiger partial charge in [-0.2, -0.15) is 5.10 Å². The number of rotatable bonds is 11. The van der Waals surface area contributed by atoms with E-state index in [1.54, 1.807) is 48.5 Å². The fourth-order valence-corrected chi connectivity index (χ4v) is 3.30. The summed E-state index contributed by atoms with van der Waals surface area (Å²) in [5.74, 6) is 0.498. The van der Waals surface area contributed by atoms with Crippen LogP contribution in [0.2, 0.25) is 5.02 Å². The number of nitrogens with one attached hydrogen (secondary N) is 2. The van der Waals surface area contributed by atoms with Crippen LogP contribution in [-0.2, 0) is 4.79 Å². The number of benzene rings is 3. The number of amides is 2. The third-order valence-corrected chi connectivity index (χ3v) is 5.02. The number of hydrogen-bond donors (Lipinski definition) is 2. The molecule has 0 radical (unpaired) electrons. The zero-order valence-electron chi connectivity index (χ0n) is 19.9. The summed E-state index contributed by atoms with van der Waals surface area (Å²) in [5.41, 5.74) is 4.97. The van der Waals surface area contributed by atoms with Crippen molar-refractivity contribution in [1.82, 2.24) is 5.43 Å². The maximum absolute atomic E-state index is 12.5. The molecule has 0 aliphatic carbocycles. The highest BCUT2D eigenvalue weighted by Crippen LogP contribution is 2.28. The van der Waals surface area contributed by atoms with E-state index in [0.29, 0.717) is 45.7 Å². The molecule has 3 rings (SSSR count). The molecule has 0 saturated carbocycles. The van der Waals surface area contributed by atoms with Crippen molar-refractivity contribution in [3.63, 3.8) is 0 Å². The standard InChI is InChI=1S/C27H26ClN3O5/c1-4-12-35-24-10-8-19(15-25(24)34-3)27(33)31-29-16-20-14-21(28)9-11-23(20)36-17-26(32)30-22-7-5-6-18(2)13-22/h4-11,13-16H,1,12,17H2,2-3H3,(H,30,32)(H,31,33)/b29-16+. The van der Waals surface area contributed by atoms with Crippen LogP contribution in [0.3, 0.4) is 0 Å². The van der Waals surface area contributed by atoms with Gasteiger partial charge in [-0.1, -0.05) is 36.4 Å². The third-order valence-electron chi connectivity index (χ3n) is 4.78. The van der Waals surface area contributed by atoms with Gasteiger partial charge in [0.25, 0.3) is 11.8 Å². The molecule has 0 aromatic heterocycles. The number of aryl methyl sites for hydroxylation is 1. The first kappa shape index (κ1) is 26.3. The van der Waals surface area contributed by atoms with Crippen LogP contribution >= 0.6 is 11.6 Å². The second kappa shape index (κ2) is 13.0. The number of hydrogen-bond acceptors (Lipinski definition) is 6. The minimum atomic E-state index is -0.457. The normalized spacial score (nSPS) is 10.5. The van der Waals surface area contributed by atoms with Crippen molar-refractivity contribution < 1.29 is 23.8 Å².